The number of rotatable bonds is 4. The molecule has 0 amide bonds. The molecule has 19 heavy (non-hydrogen) atoms. The predicted octanol–water partition coefficient (Wildman–Crippen LogP) is 0.835. The van der Waals surface area contributed by atoms with Gasteiger partial charge in [-0.3, -0.25) is 5.10 Å². The van der Waals surface area contributed by atoms with Gasteiger partial charge in [0, 0.05) is 12.1 Å². The molecule has 0 radical (unpaired) electrons. The third-order valence-electron chi connectivity index (χ3n) is 3.79. The maximum atomic E-state index is 12.4. The van der Waals surface area contributed by atoms with Crippen LogP contribution in [0.15, 0.2) is 4.90 Å². The third-order valence-corrected chi connectivity index (χ3v) is 5.57. The van der Waals surface area contributed by atoms with Crippen LogP contribution in [0, 0.1) is 13.8 Å². The van der Waals surface area contributed by atoms with Crippen LogP contribution in [0.25, 0.3) is 0 Å². The minimum Gasteiger partial charge on any atom is -0.317 e. The lowest BCUT2D eigenvalue weighted by atomic mass is 9.92. The van der Waals surface area contributed by atoms with E-state index in [4.69, 9.17) is 0 Å². The zero-order valence-electron chi connectivity index (χ0n) is 11.7. The van der Waals surface area contributed by atoms with Gasteiger partial charge in [0.2, 0.25) is 10.0 Å². The van der Waals surface area contributed by atoms with Crippen molar-refractivity contribution in [3.05, 3.63) is 11.4 Å². The smallest absolute Gasteiger partial charge is 0.244 e. The molecule has 0 aliphatic heterocycles. The first-order valence-corrected chi connectivity index (χ1v) is 8.13. The summed E-state index contributed by atoms with van der Waals surface area (Å²) in [5, 5.41) is 9.90. The van der Waals surface area contributed by atoms with Gasteiger partial charge in [0.05, 0.1) is 11.4 Å². The highest BCUT2D eigenvalue weighted by Crippen LogP contribution is 2.22. The number of hydrogen-bond donors (Lipinski definition) is 3. The Bertz CT molecular complexity index is 510. The van der Waals surface area contributed by atoms with Crippen LogP contribution in [0.2, 0.25) is 0 Å². The Labute approximate surface area is 114 Å². The Morgan fingerprint density at radius 2 is 1.74 bits per heavy atom. The van der Waals surface area contributed by atoms with E-state index >= 15 is 0 Å². The fourth-order valence-electron chi connectivity index (χ4n) is 2.71. The minimum atomic E-state index is -3.47. The normalized spacial score (nSPS) is 24.6. The summed E-state index contributed by atoms with van der Waals surface area (Å²) in [4.78, 5) is 0.295. The monoisotopic (exact) mass is 286 g/mol. The van der Waals surface area contributed by atoms with E-state index in [0.717, 1.165) is 25.7 Å². The summed E-state index contributed by atoms with van der Waals surface area (Å²) in [6, 6.07) is 0.543. The zero-order chi connectivity index (χ0) is 14.0. The van der Waals surface area contributed by atoms with Crippen LogP contribution in [0.3, 0.4) is 0 Å². The van der Waals surface area contributed by atoms with Crippen LogP contribution in [-0.2, 0) is 10.0 Å². The quantitative estimate of drug-likeness (QED) is 0.765. The molecule has 108 valence electrons. The van der Waals surface area contributed by atoms with Gasteiger partial charge in [-0.05, 0) is 46.6 Å². The molecule has 1 aromatic heterocycles. The molecule has 6 nitrogen and oxygen atoms in total. The van der Waals surface area contributed by atoms with Crippen molar-refractivity contribution in [2.45, 2.75) is 56.5 Å². The number of aromatic nitrogens is 2. The standard InChI is InChI=1S/C12H22N4O2S/c1-8-12(9(2)15-14-8)19(17,18)16-11-6-4-10(13-3)5-7-11/h10-11,13,16H,4-7H2,1-3H3,(H,14,15). The number of sulfonamides is 1. The fourth-order valence-corrected chi connectivity index (χ4v) is 4.39. The van der Waals surface area contributed by atoms with E-state index in [9.17, 15) is 8.42 Å². The van der Waals surface area contributed by atoms with Gasteiger partial charge in [0.1, 0.15) is 4.90 Å². The van der Waals surface area contributed by atoms with E-state index in [1.807, 2.05) is 7.05 Å². The highest BCUT2D eigenvalue weighted by atomic mass is 32.2. The lowest BCUT2D eigenvalue weighted by molar-refractivity contribution is 0.342. The van der Waals surface area contributed by atoms with Crippen LogP contribution in [0.4, 0.5) is 0 Å². The van der Waals surface area contributed by atoms with Crippen LogP contribution in [-0.4, -0.2) is 37.7 Å². The maximum Gasteiger partial charge on any atom is 0.244 e. The molecule has 0 spiro atoms. The summed E-state index contributed by atoms with van der Waals surface area (Å²) < 4.78 is 27.5. The van der Waals surface area contributed by atoms with Crippen molar-refractivity contribution in [1.82, 2.24) is 20.2 Å². The molecule has 0 bridgehead atoms. The Kier molecular flexibility index (Phi) is 4.27. The van der Waals surface area contributed by atoms with Crippen molar-refractivity contribution in [2.24, 2.45) is 0 Å². The molecule has 1 aromatic rings. The molecule has 1 fully saturated rings. The van der Waals surface area contributed by atoms with Crippen molar-refractivity contribution in [1.29, 1.82) is 0 Å². The summed E-state index contributed by atoms with van der Waals surface area (Å²) in [6.07, 6.45) is 3.77. The first-order valence-electron chi connectivity index (χ1n) is 6.65. The van der Waals surface area contributed by atoms with Crippen LogP contribution >= 0.6 is 0 Å². The number of hydrogen-bond acceptors (Lipinski definition) is 4. The Hall–Kier alpha value is -0.920. The Morgan fingerprint density at radius 1 is 1.16 bits per heavy atom. The summed E-state index contributed by atoms with van der Waals surface area (Å²) in [5.41, 5.74) is 1.11. The van der Waals surface area contributed by atoms with Gasteiger partial charge in [-0.2, -0.15) is 5.10 Å². The van der Waals surface area contributed by atoms with Crippen molar-refractivity contribution in [3.63, 3.8) is 0 Å². The van der Waals surface area contributed by atoms with Gasteiger partial charge in [-0.15, -0.1) is 0 Å². The average Bonchev–Trinajstić information content (AvgIpc) is 2.70. The van der Waals surface area contributed by atoms with Crippen molar-refractivity contribution >= 4 is 10.0 Å². The summed E-state index contributed by atoms with van der Waals surface area (Å²) in [6.45, 7) is 3.43. The molecule has 0 unspecified atom stereocenters. The highest BCUT2D eigenvalue weighted by Gasteiger charge is 2.28. The van der Waals surface area contributed by atoms with E-state index in [1.165, 1.54) is 0 Å². The number of nitrogens with zero attached hydrogens (tertiary/aromatic N) is 1. The average molecular weight is 286 g/mol. The molecule has 1 saturated carbocycles. The van der Waals surface area contributed by atoms with E-state index in [0.29, 0.717) is 22.3 Å². The van der Waals surface area contributed by atoms with Gasteiger partial charge in [0.25, 0.3) is 0 Å². The number of aromatic amines is 1. The zero-order valence-corrected chi connectivity index (χ0v) is 12.5. The molecule has 0 aromatic carbocycles. The molecule has 2 rings (SSSR count). The van der Waals surface area contributed by atoms with E-state index < -0.39 is 10.0 Å². The Balaban J connectivity index is 2.07. The fraction of sp³-hybridized carbons (Fsp3) is 0.750. The molecular weight excluding hydrogens is 264 g/mol. The van der Waals surface area contributed by atoms with Crippen molar-refractivity contribution in [2.75, 3.05) is 7.05 Å². The minimum absolute atomic E-state index is 0.0308. The highest BCUT2D eigenvalue weighted by molar-refractivity contribution is 7.89. The summed E-state index contributed by atoms with van der Waals surface area (Å²) in [7, 11) is -1.51. The molecule has 1 aliphatic carbocycles. The van der Waals surface area contributed by atoms with E-state index in [2.05, 4.69) is 20.2 Å². The largest absolute Gasteiger partial charge is 0.317 e. The number of H-pyrrole nitrogens is 1. The molecule has 1 heterocycles. The van der Waals surface area contributed by atoms with E-state index in [-0.39, 0.29) is 6.04 Å². The SMILES string of the molecule is CNC1CCC(NS(=O)(=O)c2c(C)n[nH]c2C)CC1. The lowest BCUT2D eigenvalue weighted by Gasteiger charge is -2.28. The van der Waals surface area contributed by atoms with Crippen LogP contribution < -0.4 is 10.0 Å². The number of nitrogens with one attached hydrogen (secondary N) is 3. The third kappa shape index (κ3) is 3.16. The molecule has 0 atom stereocenters. The number of aryl methyl sites for hydroxylation is 2. The first kappa shape index (κ1) is 14.5. The van der Waals surface area contributed by atoms with Crippen molar-refractivity contribution in [3.8, 4) is 0 Å². The maximum absolute atomic E-state index is 12.4. The lowest BCUT2D eigenvalue weighted by Crippen LogP contribution is -2.41. The van der Waals surface area contributed by atoms with Crippen molar-refractivity contribution < 1.29 is 8.42 Å². The topological polar surface area (TPSA) is 86.9 Å². The molecule has 3 N–H and O–H groups in total. The van der Waals surface area contributed by atoms with Gasteiger partial charge in [-0.25, -0.2) is 13.1 Å². The first-order chi connectivity index (χ1) is 8.94. The van der Waals surface area contributed by atoms with Gasteiger partial charge in [-0.1, -0.05) is 0 Å². The second-order valence-electron chi connectivity index (χ2n) is 5.22. The molecular formula is C12H22N4O2S. The summed E-state index contributed by atoms with van der Waals surface area (Å²) in [5.74, 6) is 0. The predicted molar refractivity (Wildman–Crippen MR) is 73.5 cm³/mol. The Morgan fingerprint density at radius 3 is 2.21 bits per heavy atom. The second kappa shape index (κ2) is 5.60. The molecule has 0 saturated heterocycles. The second-order valence-corrected chi connectivity index (χ2v) is 6.87. The van der Waals surface area contributed by atoms with Crippen LogP contribution in [0.5, 0.6) is 0 Å². The van der Waals surface area contributed by atoms with Gasteiger partial charge in [0.15, 0.2) is 0 Å². The molecule has 1 aliphatic rings. The van der Waals surface area contributed by atoms with Crippen LogP contribution in [0.1, 0.15) is 37.1 Å². The summed E-state index contributed by atoms with van der Waals surface area (Å²) >= 11 is 0. The molecule has 7 heteroatoms. The van der Waals surface area contributed by atoms with Gasteiger partial charge >= 0.3 is 0 Å². The van der Waals surface area contributed by atoms with Gasteiger partial charge < -0.3 is 5.32 Å². The van der Waals surface area contributed by atoms with E-state index in [1.54, 1.807) is 13.8 Å².